The zero-order valence-corrected chi connectivity index (χ0v) is 9.82. The summed E-state index contributed by atoms with van der Waals surface area (Å²) in [5.74, 6) is 0.365. The number of carbonyl (C=O) groups is 1. The van der Waals surface area contributed by atoms with Crippen LogP contribution in [0.25, 0.3) is 0 Å². The van der Waals surface area contributed by atoms with Gasteiger partial charge in [0.25, 0.3) is 0 Å². The minimum absolute atomic E-state index is 0.106. The molecule has 2 rings (SSSR count). The van der Waals surface area contributed by atoms with Crippen molar-refractivity contribution in [3.05, 3.63) is 59.2 Å². The average Bonchev–Trinajstić information content (AvgIpc) is 2.30. The molecular formula is C13H11ClN2O. The van der Waals surface area contributed by atoms with Gasteiger partial charge in [0.2, 0.25) is 5.91 Å². The molecule has 86 valence electrons. The molecule has 1 heterocycles. The Balaban J connectivity index is 1.98. The third-order valence-corrected chi connectivity index (χ3v) is 2.40. The van der Waals surface area contributed by atoms with E-state index in [0.717, 1.165) is 5.56 Å². The molecule has 1 aromatic carbocycles. The summed E-state index contributed by atoms with van der Waals surface area (Å²) in [5.41, 5.74) is 0.965. The van der Waals surface area contributed by atoms with Gasteiger partial charge in [-0.05, 0) is 17.7 Å². The summed E-state index contributed by atoms with van der Waals surface area (Å²) in [4.78, 5) is 15.7. The lowest BCUT2D eigenvalue weighted by Crippen LogP contribution is -2.15. The molecule has 4 heteroatoms. The molecule has 0 radical (unpaired) electrons. The molecule has 0 saturated heterocycles. The molecule has 0 fully saturated rings. The molecule has 0 unspecified atom stereocenters. The van der Waals surface area contributed by atoms with Crippen LogP contribution in [0.2, 0.25) is 5.15 Å². The van der Waals surface area contributed by atoms with Gasteiger partial charge in [0.1, 0.15) is 11.0 Å². The zero-order chi connectivity index (χ0) is 12.1. The van der Waals surface area contributed by atoms with E-state index in [1.807, 2.05) is 30.3 Å². The first-order chi connectivity index (χ1) is 8.24. The largest absolute Gasteiger partial charge is 0.310 e. The molecule has 0 atom stereocenters. The molecule has 0 spiro atoms. The quantitative estimate of drug-likeness (QED) is 0.846. The summed E-state index contributed by atoms with van der Waals surface area (Å²) in [7, 11) is 0. The maximum Gasteiger partial charge on any atom is 0.229 e. The van der Waals surface area contributed by atoms with Crippen LogP contribution in [-0.2, 0) is 11.2 Å². The first kappa shape index (κ1) is 11.6. The fourth-order valence-electron chi connectivity index (χ4n) is 1.45. The van der Waals surface area contributed by atoms with Crippen LogP contribution in [0.1, 0.15) is 5.56 Å². The van der Waals surface area contributed by atoms with Crippen LogP contribution in [-0.4, -0.2) is 10.9 Å². The number of nitrogens with zero attached hydrogens (tertiary/aromatic N) is 1. The minimum Gasteiger partial charge on any atom is -0.310 e. The zero-order valence-electron chi connectivity index (χ0n) is 9.06. The number of nitrogens with one attached hydrogen (secondary N) is 1. The minimum atomic E-state index is -0.106. The number of anilines is 1. The lowest BCUT2D eigenvalue weighted by atomic mass is 10.1. The fraction of sp³-hybridized carbons (Fsp3) is 0.0769. The van der Waals surface area contributed by atoms with Crippen LogP contribution in [0, 0.1) is 0 Å². The van der Waals surface area contributed by atoms with Crippen LogP contribution in [0.4, 0.5) is 5.82 Å². The average molecular weight is 247 g/mol. The molecule has 0 saturated carbocycles. The summed E-state index contributed by atoms with van der Waals surface area (Å²) in [6.45, 7) is 0. The lowest BCUT2D eigenvalue weighted by Gasteiger charge is -2.04. The second kappa shape index (κ2) is 5.46. The standard InChI is InChI=1S/C13H11ClN2O/c14-11-7-4-8-12(15-11)16-13(17)9-10-5-2-1-3-6-10/h1-8H,9H2,(H,15,16,17). The first-order valence-electron chi connectivity index (χ1n) is 5.20. The highest BCUT2D eigenvalue weighted by molar-refractivity contribution is 6.29. The topological polar surface area (TPSA) is 42.0 Å². The normalized spacial score (nSPS) is 9.94. The number of pyridine rings is 1. The highest BCUT2D eigenvalue weighted by Crippen LogP contribution is 2.09. The van der Waals surface area contributed by atoms with E-state index in [1.54, 1.807) is 18.2 Å². The van der Waals surface area contributed by atoms with E-state index in [-0.39, 0.29) is 5.91 Å². The van der Waals surface area contributed by atoms with E-state index in [9.17, 15) is 4.79 Å². The van der Waals surface area contributed by atoms with Crippen molar-refractivity contribution >= 4 is 23.3 Å². The maximum atomic E-state index is 11.7. The Kier molecular flexibility index (Phi) is 3.73. The molecule has 0 aliphatic heterocycles. The highest BCUT2D eigenvalue weighted by atomic mass is 35.5. The number of rotatable bonds is 3. The predicted octanol–water partition coefficient (Wildman–Crippen LogP) is 2.92. The first-order valence-corrected chi connectivity index (χ1v) is 5.58. The Bertz CT molecular complexity index is 514. The van der Waals surface area contributed by atoms with Gasteiger partial charge < -0.3 is 5.32 Å². The van der Waals surface area contributed by atoms with Gasteiger partial charge in [-0.2, -0.15) is 0 Å². The van der Waals surface area contributed by atoms with Crippen molar-refractivity contribution in [2.24, 2.45) is 0 Å². The van der Waals surface area contributed by atoms with E-state index in [0.29, 0.717) is 17.4 Å². The Morgan fingerprint density at radius 3 is 2.59 bits per heavy atom. The number of hydrogen-bond donors (Lipinski definition) is 1. The van der Waals surface area contributed by atoms with Crippen LogP contribution in [0.3, 0.4) is 0 Å². The van der Waals surface area contributed by atoms with E-state index in [2.05, 4.69) is 10.3 Å². The van der Waals surface area contributed by atoms with E-state index < -0.39 is 0 Å². The fourth-order valence-corrected chi connectivity index (χ4v) is 1.61. The molecular weight excluding hydrogens is 236 g/mol. The van der Waals surface area contributed by atoms with Crippen molar-refractivity contribution in [2.45, 2.75) is 6.42 Å². The molecule has 1 aromatic heterocycles. The third kappa shape index (κ3) is 3.57. The Morgan fingerprint density at radius 2 is 1.88 bits per heavy atom. The van der Waals surface area contributed by atoms with E-state index in [1.165, 1.54) is 0 Å². The van der Waals surface area contributed by atoms with Gasteiger partial charge >= 0.3 is 0 Å². The maximum absolute atomic E-state index is 11.7. The molecule has 17 heavy (non-hydrogen) atoms. The number of carbonyl (C=O) groups excluding carboxylic acids is 1. The number of halogens is 1. The highest BCUT2D eigenvalue weighted by Gasteiger charge is 2.04. The van der Waals surface area contributed by atoms with Gasteiger partial charge in [0, 0.05) is 0 Å². The number of amides is 1. The summed E-state index contributed by atoms with van der Waals surface area (Å²) in [6.07, 6.45) is 0.328. The molecule has 1 N–H and O–H groups in total. The van der Waals surface area contributed by atoms with E-state index >= 15 is 0 Å². The molecule has 0 aliphatic carbocycles. The Labute approximate surface area is 104 Å². The summed E-state index contributed by atoms with van der Waals surface area (Å²) >= 11 is 5.73. The SMILES string of the molecule is O=C(Cc1ccccc1)Nc1cccc(Cl)n1. The van der Waals surface area contributed by atoms with Crippen molar-refractivity contribution in [2.75, 3.05) is 5.32 Å². The smallest absolute Gasteiger partial charge is 0.229 e. The summed E-state index contributed by atoms with van der Waals surface area (Å²) < 4.78 is 0. The van der Waals surface area contributed by atoms with Crippen LogP contribution < -0.4 is 5.32 Å². The van der Waals surface area contributed by atoms with Crippen LogP contribution in [0.5, 0.6) is 0 Å². The molecule has 2 aromatic rings. The number of aromatic nitrogens is 1. The lowest BCUT2D eigenvalue weighted by molar-refractivity contribution is -0.115. The molecule has 3 nitrogen and oxygen atoms in total. The van der Waals surface area contributed by atoms with Gasteiger partial charge in [0.05, 0.1) is 6.42 Å². The second-order valence-corrected chi connectivity index (χ2v) is 3.94. The monoisotopic (exact) mass is 246 g/mol. The predicted molar refractivity (Wildman–Crippen MR) is 68.0 cm³/mol. The number of benzene rings is 1. The van der Waals surface area contributed by atoms with Crippen LogP contribution in [0.15, 0.2) is 48.5 Å². The van der Waals surface area contributed by atoms with Crippen molar-refractivity contribution < 1.29 is 4.79 Å². The summed E-state index contributed by atoms with van der Waals surface area (Å²) in [6, 6.07) is 14.6. The molecule has 0 bridgehead atoms. The van der Waals surface area contributed by atoms with Crippen LogP contribution >= 0.6 is 11.6 Å². The van der Waals surface area contributed by atoms with Crippen molar-refractivity contribution in [1.82, 2.24) is 4.98 Å². The van der Waals surface area contributed by atoms with Crippen molar-refractivity contribution in [3.63, 3.8) is 0 Å². The molecule has 0 aliphatic rings. The van der Waals surface area contributed by atoms with Crippen molar-refractivity contribution in [3.8, 4) is 0 Å². The third-order valence-electron chi connectivity index (χ3n) is 2.19. The Hall–Kier alpha value is -1.87. The van der Waals surface area contributed by atoms with Gasteiger partial charge in [-0.3, -0.25) is 4.79 Å². The second-order valence-electron chi connectivity index (χ2n) is 3.56. The summed E-state index contributed by atoms with van der Waals surface area (Å²) in [5, 5.41) is 3.06. The Morgan fingerprint density at radius 1 is 1.12 bits per heavy atom. The molecule has 1 amide bonds. The van der Waals surface area contributed by atoms with Gasteiger partial charge in [-0.15, -0.1) is 0 Å². The van der Waals surface area contributed by atoms with Gasteiger partial charge in [-0.1, -0.05) is 48.0 Å². The van der Waals surface area contributed by atoms with Gasteiger partial charge in [-0.25, -0.2) is 4.98 Å². The van der Waals surface area contributed by atoms with Gasteiger partial charge in [0.15, 0.2) is 0 Å². The number of hydrogen-bond acceptors (Lipinski definition) is 2. The van der Waals surface area contributed by atoms with E-state index in [4.69, 9.17) is 11.6 Å². The van der Waals surface area contributed by atoms with Crippen molar-refractivity contribution in [1.29, 1.82) is 0 Å².